The van der Waals surface area contributed by atoms with Crippen molar-refractivity contribution in [1.82, 2.24) is 9.78 Å². The fraction of sp³-hybridized carbons (Fsp3) is 0.769. The minimum atomic E-state index is 0.253. The molecule has 0 radical (unpaired) electrons. The van der Waals surface area contributed by atoms with Crippen LogP contribution in [-0.2, 0) is 4.74 Å². The summed E-state index contributed by atoms with van der Waals surface area (Å²) in [4.78, 5) is 0. The largest absolute Gasteiger partial charge is 0.394 e. The molecule has 102 valence electrons. The van der Waals surface area contributed by atoms with Gasteiger partial charge in [-0.3, -0.25) is 0 Å². The highest BCUT2D eigenvalue weighted by Crippen LogP contribution is 2.28. The van der Waals surface area contributed by atoms with Crippen LogP contribution in [0, 0.1) is 6.92 Å². The van der Waals surface area contributed by atoms with E-state index < -0.39 is 0 Å². The van der Waals surface area contributed by atoms with Gasteiger partial charge in [-0.2, -0.15) is 5.10 Å². The number of nitrogens with one attached hydrogen (secondary N) is 1. The number of nitrogens with zero attached hydrogens (tertiary/aromatic N) is 2. The van der Waals surface area contributed by atoms with Crippen molar-refractivity contribution in [1.29, 1.82) is 0 Å². The van der Waals surface area contributed by atoms with E-state index in [1.54, 1.807) is 0 Å². The van der Waals surface area contributed by atoms with Crippen molar-refractivity contribution in [3.05, 3.63) is 5.69 Å². The van der Waals surface area contributed by atoms with E-state index in [9.17, 15) is 0 Å². The average Bonchev–Trinajstić information content (AvgIpc) is 2.92. The lowest BCUT2D eigenvalue weighted by atomic mass is 10.1. The molecule has 2 rings (SSSR count). The minimum absolute atomic E-state index is 0.253. The Bertz CT molecular complexity index is 407. The summed E-state index contributed by atoms with van der Waals surface area (Å²) in [7, 11) is 0. The van der Waals surface area contributed by atoms with Gasteiger partial charge in [-0.05, 0) is 40.5 Å². The van der Waals surface area contributed by atoms with Gasteiger partial charge in [-0.15, -0.1) is 0 Å². The third-order valence-electron chi connectivity index (χ3n) is 3.51. The van der Waals surface area contributed by atoms with E-state index >= 15 is 0 Å². The lowest BCUT2D eigenvalue weighted by Gasteiger charge is -2.23. The van der Waals surface area contributed by atoms with E-state index in [4.69, 9.17) is 10.5 Å². The van der Waals surface area contributed by atoms with E-state index in [-0.39, 0.29) is 12.1 Å². The Morgan fingerprint density at radius 2 is 2.17 bits per heavy atom. The predicted octanol–water partition coefficient (Wildman–Crippen LogP) is 2.33. The van der Waals surface area contributed by atoms with Crippen molar-refractivity contribution in [2.24, 2.45) is 0 Å². The molecular formula is C13H24N4O. The molecule has 1 saturated heterocycles. The topological polar surface area (TPSA) is 65.1 Å². The molecule has 1 fully saturated rings. The maximum Gasteiger partial charge on any atom is 0.148 e. The third kappa shape index (κ3) is 2.46. The van der Waals surface area contributed by atoms with Crippen LogP contribution in [0.25, 0.3) is 0 Å². The summed E-state index contributed by atoms with van der Waals surface area (Å²) >= 11 is 0. The Balaban J connectivity index is 2.16. The number of hydrogen-bond donors (Lipinski definition) is 2. The first-order valence-corrected chi connectivity index (χ1v) is 6.73. The fourth-order valence-corrected chi connectivity index (χ4v) is 2.38. The number of rotatable bonds is 4. The summed E-state index contributed by atoms with van der Waals surface area (Å²) in [6.45, 7) is 9.16. The predicted molar refractivity (Wildman–Crippen MR) is 73.8 cm³/mol. The average molecular weight is 252 g/mol. The van der Waals surface area contributed by atoms with Crippen molar-refractivity contribution < 1.29 is 4.74 Å². The van der Waals surface area contributed by atoms with Gasteiger partial charge >= 0.3 is 0 Å². The van der Waals surface area contributed by atoms with Crippen LogP contribution in [0.2, 0.25) is 0 Å². The van der Waals surface area contributed by atoms with Crippen LogP contribution in [0.4, 0.5) is 11.5 Å². The SMILES string of the molecule is Cc1nn(C(C)C)c(NC(C)C2CCCO2)c1N. The molecule has 0 aromatic carbocycles. The van der Waals surface area contributed by atoms with Crippen molar-refractivity contribution in [3.8, 4) is 0 Å². The van der Waals surface area contributed by atoms with E-state index in [0.717, 1.165) is 36.6 Å². The van der Waals surface area contributed by atoms with E-state index in [1.165, 1.54) is 0 Å². The van der Waals surface area contributed by atoms with Gasteiger partial charge < -0.3 is 15.8 Å². The highest BCUT2D eigenvalue weighted by atomic mass is 16.5. The summed E-state index contributed by atoms with van der Waals surface area (Å²) in [5.41, 5.74) is 7.73. The molecule has 5 heteroatoms. The second-order valence-electron chi connectivity index (χ2n) is 5.37. The molecule has 1 aliphatic rings. The second-order valence-corrected chi connectivity index (χ2v) is 5.37. The minimum Gasteiger partial charge on any atom is -0.394 e. The molecule has 2 unspecified atom stereocenters. The molecule has 1 aromatic heterocycles. The Morgan fingerprint density at radius 1 is 1.44 bits per heavy atom. The number of nitrogens with two attached hydrogens (primary N) is 1. The highest BCUT2D eigenvalue weighted by molar-refractivity contribution is 5.65. The Hall–Kier alpha value is -1.23. The van der Waals surface area contributed by atoms with Crippen LogP contribution < -0.4 is 11.1 Å². The van der Waals surface area contributed by atoms with Crippen LogP contribution in [0.3, 0.4) is 0 Å². The van der Waals surface area contributed by atoms with Crippen LogP contribution in [0.15, 0.2) is 0 Å². The van der Waals surface area contributed by atoms with Crippen LogP contribution in [-0.4, -0.2) is 28.5 Å². The summed E-state index contributed by atoms with van der Waals surface area (Å²) in [6, 6.07) is 0.545. The molecule has 0 bridgehead atoms. The number of anilines is 2. The maximum atomic E-state index is 6.10. The summed E-state index contributed by atoms with van der Waals surface area (Å²) < 4.78 is 7.66. The first kappa shape index (κ1) is 13.2. The van der Waals surface area contributed by atoms with Crippen LogP contribution in [0.5, 0.6) is 0 Å². The zero-order chi connectivity index (χ0) is 13.3. The molecule has 18 heavy (non-hydrogen) atoms. The Kier molecular flexibility index (Phi) is 3.80. The van der Waals surface area contributed by atoms with Gasteiger partial charge in [-0.1, -0.05) is 0 Å². The van der Waals surface area contributed by atoms with Crippen LogP contribution in [0.1, 0.15) is 45.3 Å². The molecule has 0 saturated carbocycles. The molecule has 0 aliphatic carbocycles. The van der Waals surface area contributed by atoms with Gasteiger partial charge in [0.1, 0.15) is 5.82 Å². The standard InChI is InChI=1S/C13H24N4O/c1-8(2)17-13(12(14)10(4)16-17)15-9(3)11-6-5-7-18-11/h8-9,11,15H,5-7,14H2,1-4H3. The first-order valence-electron chi connectivity index (χ1n) is 6.73. The number of aromatic nitrogens is 2. The van der Waals surface area contributed by atoms with Gasteiger partial charge in [0.15, 0.2) is 0 Å². The van der Waals surface area contributed by atoms with Crippen molar-refractivity contribution in [3.63, 3.8) is 0 Å². The highest BCUT2D eigenvalue weighted by Gasteiger charge is 2.25. The van der Waals surface area contributed by atoms with Crippen molar-refractivity contribution in [2.45, 2.75) is 58.7 Å². The zero-order valence-corrected chi connectivity index (χ0v) is 11.7. The van der Waals surface area contributed by atoms with Gasteiger partial charge in [-0.25, -0.2) is 4.68 Å². The number of nitrogen functional groups attached to an aromatic ring is 1. The smallest absolute Gasteiger partial charge is 0.148 e. The molecule has 2 heterocycles. The van der Waals surface area contributed by atoms with E-state index in [2.05, 4.69) is 31.2 Å². The van der Waals surface area contributed by atoms with Crippen LogP contribution >= 0.6 is 0 Å². The Labute approximate surface area is 109 Å². The molecule has 0 spiro atoms. The quantitative estimate of drug-likeness (QED) is 0.863. The lowest BCUT2D eigenvalue weighted by Crippen LogP contribution is -2.31. The summed E-state index contributed by atoms with van der Waals surface area (Å²) in [6.07, 6.45) is 2.54. The molecular weight excluding hydrogens is 228 g/mol. The summed E-state index contributed by atoms with van der Waals surface area (Å²) in [5.74, 6) is 0.922. The second kappa shape index (κ2) is 5.18. The number of ether oxygens (including phenoxy) is 1. The zero-order valence-electron chi connectivity index (χ0n) is 11.7. The fourth-order valence-electron chi connectivity index (χ4n) is 2.38. The Morgan fingerprint density at radius 3 is 2.72 bits per heavy atom. The first-order chi connectivity index (χ1) is 8.50. The monoisotopic (exact) mass is 252 g/mol. The molecule has 1 aromatic rings. The summed E-state index contributed by atoms with van der Waals surface area (Å²) in [5, 5.41) is 7.95. The van der Waals surface area contributed by atoms with Gasteiger partial charge in [0, 0.05) is 12.6 Å². The third-order valence-corrected chi connectivity index (χ3v) is 3.51. The van der Waals surface area contributed by atoms with Gasteiger partial charge in [0.05, 0.1) is 23.5 Å². The van der Waals surface area contributed by atoms with Crippen molar-refractivity contribution in [2.75, 3.05) is 17.7 Å². The number of aryl methyl sites for hydroxylation is 1. The van der Waals surface area contributed by atoms with Crippen molar-refractivity contribution >= 4 is 11.5 Å². The molecule has 5 nitrogen and oxygen atoms in total. The normalized spacial score (nSPS) is 21.5. The molecule has 0 amide bonds. The van der Waals surface area contributed by atoms with E-state index in [1.807, 2.05) is 11.6 Å². The maximum absolute atomic E-state index is 6.10. The lowest BCUT2D eigenvalue weighted by molar-refractivity contribution is 0.0994. The van der Waals surface area contributed by atoms with Gasteiger partial charge in [0.25, 0.3) is 0 Å². The molecule has 2 atom stereocenters. The van der Waals surface area contributed by atoms with E-state index in [0.29, 0.717) is 6.04 Å². The number of hydrogen-bond acceptors (Lipinski definition) is 4. The molecule has 3 N–H and O–H groups in total. The molecule has 1 aliphatic heterocycles. The van der Waals surface area contributed by atoms with Gasteiger partial charge in [0.2, 0.25) is 0 Å².